The molecule has 2 saturated heterocycles. The van der Waals surface area contributed by atoms with Crippen molar-refractivity contribution in [3.05, 3.63) is 18.0 Å². The third-order valence-corrected chi connectivity index (χ3v) is 9.93. The van der Waals surface area contributed by atoms with Crippen molar-refractivity contribution in [3.8, 4) is 0 Å². The second-order valence-corrected chi connectivity index (χ2v) is 13.3. The lowest BCUT2D eigenvalue weighted by Gasteiger charge is -2.32. The fraction of sp³-hybridized carbons (Fsp3) is 0.846. The zero-order chi connectivity index (χ0) is 24.1. The molecule has 2 aliphatic heterocycles. The van der Waals surface area contributed by atoms with Crippen molar-refractivity contribution in [2.75, 3.05) is 50.0 Å². The molecule has 0 N–H and O–H groups in total. The lowest BCUT2D eigenvalue weighted by Crippen LogP contribution is -2.40. The van der Waals surface area contributed by atoms with Gasteiger partial charge >= 0.3 is 0 Å². The molecule has 1 saturated carbocycles. The predicted molar refractivity (Wildman–Crippen MR) is 136 cm³/mol. The highest BCUT2D eigenvalue weighted by Crippen LogP contribution is 2.48. The molecular formula is C26H44N4O3S. The Balaban J connectivity index is 1.11. The number of sulfonamides is 1. The smallest absolute Gasteiger partial charge is 0.225 e. The minimum atomic E-state index is -3.05. The van der Waals surface area contributed by atoms with Crippen molar-refractivity contribution in [2.24, 2.45) is 29.6 Å². The second kappa shape index (κ2) is 11.7. The minimum Gasteiger partial charge on any atom is -0.381 e. The van der Waals surface area contributed by atoms with Crippen LogP contribution in [0.25, 0.3) is 0 Å². The SMILES string of the molecule is CCCS(=O)(=O)N1CCC(COC[C@@H]2C[C@@H]2C2CCN(c3ncc(CC(C)C)cn3)CC2)CC1. The summed E-state index contributed by atoms with van der Waals surface area (Å²) in [5.41, 5.74) is 1.22. The van der Waals surface area contributed by atoms with E-state index in [1.54, 1.807) is 4.31 Å². The van der Waals surface area contributed by atoms with E-state index in [4.69, 9.17) is 4.74 Å². The maximum atomic E-state index is 12.2. The van der Waals surface area contributed by atoms with Crippen LogP contribution in [0, 0.1) is 29.6 Å². The van der Waals surface area contributed by atoms with Crippen molar-refractivity contribution in [3.63, 3.8) is 0 Å². The molecule has 0 bridgehead atoms. The van der Waals surface area contributed by atoms with Gasteiger partial charge in [0.2, 0.25) is 16.0 Å². The Morgan fingerprint density at radius 1 is 1.03 bits per heavy atom. The van der Waals surface area contributed by atoms with Crippen LogP contribution < -0.4 is 4.90 Å². The first-order valence-corrected chi connectivity index (χ1v) is 15.1. The second-order valence-electron chi connectivity index (χ2n) is 11.2. The van der Waals surface area contributed by atoms with Gasteiger partial charge in [-0.3, -0.25) is 0 Å². The number of hydrogen-bond donors (Lipinski definition) is 0. The molecule has 8 heteroatoms. The highest BCUT2D eigenvalue weighted by atomic mass is 32.2. The number of hydrogen-bond acceptors (Lipinski definition) is 6. The Hall–Kier alpha value is -1.25. The van der Waals surface area contributed by atoms with E-state index < -0.39 is 10.0 Å². The Morgan fingerprint density at radius 2 is 1.71 bits per heavy atom. The Kier molecular flexibility index (Phi) is 8.86. The van der Waals surface area contributed by atoms with Crippen molar-refractivity contribution in [1.82, 2.24) is 14.3 Å². The summed E-state index contributed by atoms with van der Waals surface area (Å²) in [4.78, 5) is 11.6. The summed E-state index contributed by atoms with van der Waals surface area (Å²) in [5, 5.41) is 0. The van der Waals surface area contributed by atoms with Gasteiger partial charge in [-0.15, -0.1) is 0 Å². The van der Waals surface area contributed by atoms with Gasteiger partial charge in [0.15, 0.2) is 0 Å². The van der Waals surface area contributed by atoms with Gasteiger partial charge < -0.3 is 9.64 Å². The molecule has 1 aromatic heterocycles. The average Bonchev–Trinajstić information content (AvgIpc) is 3.59. The molecule has 0 spiro atoms. The van der Waals surface area contributed by atoms with E-state index in [1.165, 1.54) is 24.8 Å². The van der Waals surface area contributed by atoms with Crippen LogP contribution in [0.2, 0.25) is 0 Å². The quantitative estimate of drug-likeness (QED) is 0.465. The van der Waals surface area contributed by atoms with E-state index >= 15 is 0 Å². The number of piperidine rings is 2. The standard InChI is InChI=1S/C26H44N4O3S/c1-4-13-34(31,32)30-11-5-21(6-12-30)18-33-19-24-15-25(24)23-7-9-29(10-8-23)26-27-16-22(17-28-26)14-20(2)3/h16-17,20-21,23-25H,4-15,18-19H2,1-3H3/t24-,25+/m0/s1. The summed E-state index contributed by atoms with van der Waals surface area (Å²) in [6.45, 7) is 11.5. The van der Waals surface area contributed by atoms with Crippen LogP contribution >= 0.6 is 0 Å². The molecule has 0 radical (unpaired) electrons. The first-order chi connectivity index (χ1) is 16.4. The number of ether oxygens (including phenoxy) is 1. The van der Waals surface area contributed by atoms with Crippen molar-refractivity contribution in [2.45, 2.75) is 65.7 Å². The van der Waals surface area contributed by atoms with E-state index in [0.717, 1.165) is 63.3 Å². The Labute approximate surface area is 206 Å². The van der Waals surface area contributed by atoms with E-state index in [9.17, 15) is 8.42 Å². The average molecular weight is 493 g/mol. The zero-order valence-corrected chi connectivity index (χ0v) is 22.2. The van der Waals surface area contributed by atoms with Gasteiger partial charge in [0.1, 0.15) is 0 Å². The van der Waals surface area contributed by atoms with Gasteiger partial charge in [0.05, 0.1) is 5.75 Å². The minimum absolute atomic E-state index is 0.272. The maximum absolute atomic E-state index is 12.2. The number of aromatic nitrogens is 2. The van der Waals surface area contributed by atoms with Crippen LogP contribution in [-0.2, 0) is 21.2 Å². The largest absolute Gasteiger partial charge is 0.381 e. The summed E-state index contributed by atoms with van der Waals surface area (Å²) < 4.78 is 32.2. The Morgan fingerprint density at radius 3 is 2.32 bits per heavy atom. The molecule has 3 fully saturated rings. The first-order valence-electron chi connectivity index (χ1n) is 13.5. The fourth-order valence-corrected chi connectivity index (χ4v) is 7.32. The van der Waals surface area contributed by atoms with Gasteiger partial charge in [0.25, 0.3) is 0 Å². The molecule has 34 heavy (non-hydrogen) atoms. The van der Waals surface area contributed by atoms with E-state index in [1.807, 2.05) is 19.3 Å². The van der Waals surface area contributed by atoms with Crippen molar-refractivity contribution >= 4 is 16.0 Å². The van der Waals surface area contributed by atoms with Crippen LogP contribution in [0.15, 0.2) is 12.4 Å². The number of rotatable bonds is 11. The molecule has 1 aliphatic carbocycles. The lowest BCUT2D eigenvalue weighted by molar-refractivity contribution is 0.0684. The van der Waals surface area contributed by atoms with Crippen LogP contribution in [0.5, 0.6) is 0 Å². The molecule has 2 atom stereocenters. The van der Waals surface area contributed by atoms with Crippen molar-refractivity contribution in [1.29, 1.82) is 0 Å². The third-order valence-electron chi connectivity index (χ3n) is 7.86. The molecule has 7 nitrogen and oxygen atoms in total. The normalized spacial score (nSPS) is 25.2. The Bertz CT molecular complexity index is 861. The summed E-state index contributed by atoms with van der Waals surface area (Å²) >= 11 is 0. The monoisotopic (exact) mass is 492 g/mol. The first kappa shape index (κ1) is 25.8. The fourth-order valence-electron chi connectivity index (χ4n) is 5.78. The van der Waals surface area contributed by atoms with Gasteiger partial charge in [-0.25, -0.2) is 22.7 Å². The molecule has 3 heterocycles. The number of anilines is 1. The van der Waals surface area contributed by atoms with Crippen LogP contribution in [-0.4, -0.2) is 67.8 Å². The highest BCUT2D eigenvalue weighted by molar-refractivity contribution is 7.89. The maximum Gasteiger partial charge on any atom is 0.225 e. The van der Waals surface area contributed by atoms with Crippen LogP contribution in [0.4, 0.5) is 5.95 Å². The zero-order valence-electron chi connectivity index (χ0n) is 21.4. The summed E-state index contributed by atoms with van der Waals surface area (Å²) in [7, 11) is -3.05. The van der Waals surface area contributed by atoms with Gasteiger partial charge in [-0.2, -0.15) is 0 Å². The highest BCUT2D eigenvalue weighted by Gasteiger charge is 2.43. The number of nitrogens with zero attached hydrogens (tertiary/aromatic N) is 4. The van der Waals surface area contributed by atoms with Crippen LogP contribution in [0.3, 0.4) is 0 Å². The molecule has 3 aliphatic rings. The van der Waals surface area contributed by atoms with Gasteiger partial charge in [-0.05, 0) is 80.1 Å². The molecular weight excluding hydrogens is 448 g/mol. The summed E-state index contributed by atoms with van der Waals surface area (Å²) in [5.74, 6) is 4.62. The summed E-state index contributed by atoms with van der Waals surface area (Å²) in [6, 6.07) is 0. The van der Waals surface area contributed by atoms with Gasteiger partial charge in [0, 0.05) is 51.8 Å². The molecule has 1 aromatic rings. The van der Waals surface area contributed by atoms with Crippen LogP contribution in [0.1, 0.15) is 64.9 Å². The molecule has 0 unspecified atom stereocenters. The molecule has 4 rings (SSSR count). The molecule has 0 aromatic carbocycles. The van der Waals surface area contributed by atoms with Gasteiger partial charge in [-0.1, -0.05) is 20.8 Å². The molecule has 0 amide bonds. The summed E-state index contributed by atoms with van der Waals surface area (Å²) in [6.07, 6.45) is 11.3. The molecule has 192 valence electrons. The van der Waals surface area contributed by atoms with E-state index in [-0.39, 0.29) is 5.75 Å². The topological polar surface area (TPSA) is 75.6 Å². The van der Waals surface area contributed by atoms with Crippen molar-refractivity contribution < 1.29 is 13.2 Å². The third kappa shape index (κ3) is 6.91. The predicted octanol–water partition coefficient (Wildman–Crippen LogP) is 4.00. The van der Waals surface area contributed by atoms with E-state index in [2.05, 4.69) is 28.7 Å². The van der Waals surface area contributed by atoms with E-state index in [0.29, 0.717) is 37.3 Å². The lowest BCUT2D eigenvalue weighted by atomic mass is 9.91.